The third-order valence-electron chi connectivity index (χ3n) is 16.5. The number of hydrogen-bond acceptors (Lipinski definition) is 4. The van der Waals surface area contributed by atoms with Gasteiger partial charge in [0.25, 0.3) is 5.91 Å². The molecular weight excluding hydrogens is 680 g/mol. The van der Waals surface area contributed by atoms with Gasteiger partial charge < -0.3 is 20.8 Å². The fourth-order valence-corrected chi connectivity index (χ4v) is 13.2. The molecule has 0 spiro atoms. The van der Waals surface area contributed by atoms with Gasteiger partial charge in [-0.25, -0.2) is 9.18 Å². The Kier molecular flexibility index (Phi) is 11.2. The molecule has 4 aliphatic rings. The molecule has 0 bridgehead atoms. The topological polar surface area (TPSA) is 116 Å². The van der Waals surface area contributed by atoms with Gasteiger partial charge in [0.1, 0.15) is 5.82 Å². The zero-order chi connectivity index (χ0) is 39.3. The summed E-state index contributed by atoms with van der Waals surface area (Å²) >= 11 is 0. The fraction of sp³-hybridized carbons (Fsp3) is 0.674. The largest absolute Gasteiger partial charge is 0.478 e. The van der Waals surface area contributed by atoms with Crippen LogP contribution in [0.3, 0.4) is 0 Å². The molecule has 4 N–H and O–H groups in total. The van der Waals surface area contributed by atoms with Crippen molar-refractivity contribution < 1.29 is 29.0 Å². The van der Waals surface area contributed by atoms with Crippen molar-refractivity contribution in [2.45, 2.75) is 132 Å². The highest BCUT2D eigenvalue weighted by atomic mass is 19.1. The molecule has 2 aromatic rings. The number of nitrogens with one attached hydrogen (secondary N) is 2. The van der Waals surface area contributed by atoms with E-state index < -0.39 is 17.2 Å². The highest BCUT2D eigenvalue weighted by Gasteiger charge is 2.69. The maximum atomic E-state index is 14.4. The van der Waals surface area contributed by atoms with Crippen LogP contribution in [0, 0.1) is 56.6 Å². The van der Waals surface area contributed by atoms with Crippen LogP contribution in [-0.4, -0.2) is 47.2 Å². The first-order chi connectivity index (χ1) is 25.4. The molecule has 6 rings (SSSR count). The van der Waals surface area contributed by atoms with E-state index in [0.29, 0.717) is 41.8 Å². The van der Waals surface area contributed by atoms with E-state index in [2.05, 4.69) is 59.1 Å². The van der Waals surface area contributed by atoms with Gasteiger partial charge in [-0.05, 0) is 151 Å². The Morgan fingerprint density at radius 2 is 1.56 bits per heavy atom. The number of hydrogen-bond donors (Lipinski definition) is 4. The number of amides is 2. The number of halogens is 1. The van der Waals surface area contributed by atoms with Crippen molar-refractivity contribution in [3.05, 3.63) is 70.5 Å². The Bertz CT molecular complexity index is 1740. The lowest BCUT2D eigenvalue weighted by Crippen LogP contribution is -2.67. The Labute approximate surface area is 322 Å². The second-order valence-corrected chi connectivity index (χ2v) is 19.1. The van der Waals surface area contributed by atoms with Gasteiger partial charge >= 0.3 is 5.97 Å². The number of carbonyl (C=O) groups is 3. The Balaban J connectivity index is 1.08. The number of benzene rings is 2. The maximum absolute atomic E-state index is 14.4. The van der Waals surface area contributed by atoms with Gasteiger partial charge in [0.2, 0.25) is 5.91 Å². The van der Waals surface area contributed by atoms with Crippen molar-refractivity contribution in [2.24, 2.45) is 50.7 Å². The summed E-state index contributed by atoms with van der Waals surface area (Å²) in [5.41, 5.74) is 1.86. The zero-order valence-electron chi connectivity index (χ0n) is 33.8. The van der Waals surface area contributed by atoms with Gasteiger partial charge in [-0.15, -0.1) is 0 Å². The van der Waals surface area contributed by atoms with Gasteiger partial charge in [0.15, 0.2) is 0 Å². The average Bonchev–Trinajstić information content (AvgIpc) is 3.12. The molecule has 0 aliphatic heterocycles. The van der Waals surface area contributed by atoms with Gasteiger partial charge in [0.05, 0.1) is 17.1 Å². The highest BCUT2D eigenvalue weighted by Crippen LogP contribution is 2.75. The molecule has 8 unspecified atom stereocenters. The molecule has 0 saturated heterocycles. The van der Waals surface area contributed by atoms with E-state index >= 15 is 0 Å². The molecule has 9 atom stereocenters. The molecule has 8 heteroatoms. The molecule has 54 heavy (non-hydrogen) atoms. The molecule has 4 fully saturated rings. The molecule has 4 aliphatic carbocycles. The van der Waals surface area contributed by atoms with Crippen LogP contribution in [0.4, 0.5) is 4.39 Å². The van der Waals surface area contributed by atoms with Crippen LogP contribution in [0.25, 0.3) is 0 Å². The van der Waals surface area contributed by atoms with Crippen molar-refractivity contribution >= 4 is 17.8 Å². The molecule has 2 aromatic carbocycles. The lowest BCUT2D eigenvalue weighted by Gasteiger charge is -2.72. The summed E-state index contributed by atoms with van der Waals surface area (Å²) in [5.74, 6) is 0.0705. The number of rotatable bonds is 11. The molecule has 4 saturated carbocycles. The number of aromatic carboxylic acids is 1. The van der Waals surface area contributed by atoms with Gasteiger partial charge in [-0.3, -0.25) is 9.59 Å². The number of carboxylic acids is 1. The van der Waals surface area contributed by atoms with Crippen LogP contribution in [0.1, 0.15) is 145 Å². The number of aliphatic hydroxyl groups is 1. The standard InChI is InChI=1S/C46H65FN2O5/c1-8-20-46(24-23-44(6)34(29(46)2)14-15-37-43(5)21-17-38(50)42(3,4)36(43)16-22-45(37,44)7)41(54)49-25-18-30-10-9-11-32(27-30)39(51)48-26-19-31-12-13-33(40(52)53)28-35(31)47/h9-13,27-29,34,36-38,50H,8,14-26H2,1-7H3,(H,48,51)(H,49,54)(H,52,53)/t29?,34?,36?,37?,38?,43?,44-,45?,46?/m1/s1. The van der Waals surface area contributed by atoms with Crippen molar-refractivity contribution in [1.82, 2.24) is 10.6 Å². The van der Waals surface area contributed by atoms with Crippen LogP contribution in [-0.2, 0) is 17.6 Å². The van der Waals surface area contributed by atoms with Crippen LogP contribution >= 0.6 is 0 Å². The lowest BCUT2D eigenvalue weighted by atomic mass is 9.32. The van der Waals surface area contributed by atoms with Gasteiger partial charge in [-0.2, -0.15) is 0 Å². The van der Waals surface area contributed by atoms with E-state index in [0.717, 1.165) is 50.2 Å². The minimum atomic E-state index is -1.18. The Hall–Kier alpha value is -3.26. The smallest absolute Gasteiger partial charge is 0.335 e. The second-order valence-electron chi connectivity index (χ2n) is 19.1. The van der Waals surface area contributed by atoms with Crippen molar-refractivity contribution in [2.75, 3.05) is 13.1 Å². The second kappa shape index (κ2) is 15.0. The minimum absolute atomic E-state index is 0.0589. The van der Waals surface area contributed by atoms with E-state index in [4.69, 9.17) is 5.11 Å². The Morgan fingerprint density at radius 3 is 2.26 bits per heavy atom. The summed E-state index contributed by atoms with van der Waals surface area (Å²) in [6.07, 6.45) is 11.3. The Morgan fingerprint density at radius 1 is 0.815 bits per heavy atom. The van der Waals surface area contributed by atoms with E-state index in [1.807, 2.05) is 18.2 Å². The summed E-state index contributed by atoms with van der Waals surface area (Å²) in [7, 11) is 0. The number of fused-ring (bicyclic) bond motifs is 5. The quantitative estimate of drug-likeness (QED) is 0.183. The lowest BCUT2D eigenvalue weighted by molar-refractivity contribution is -0.246. The first-order valence-corrected chi connectivity index (χ1v) is 20.8. The molecule has 2 amide bonds. The SMILES string of the molecule is CCCC1(C(=O)NCCc2cccc(C(=O)NCCc3ccc(C(=O)O)cc3F)c2)CC[C@]2(C)C(CCC3C4(C)CCC(O)C(C)(C)C4CCC32C)C1C. The minimum Gasteiger partial charge on any atom is -0.478 e. The van der Waals surface area contributed by atoms with E-state index in [1.165, 1.54) is 37.8 Å². The third-order valence-corrected chi connectivity index (χ3v) is 16.5. The van der Waals surface area contributed by atoms with Crippen molar-refractivity contribution in [3.8, 4) is 0 Å². The summed E-state index contributed by atoms with van der Waals surface area (Å²) in [6, 6.07) is 11.2. The molecule has 7 nitrogen and oxygen atoms in total. The van der Waals surface area contributed by atoms with E-state index in [1.54, 1.807) is 6.07 Å². The predicted octanol–water partition coefficient (Wildman–Crippen LogP) is 9.01. The third kappa shape index (κ3) is 6.70. The van der Waals surface area contributed by atoms with Crippen LogP contribution in [0.15, 0.2) is 42.5 Å². The average molecular weight is 745 g/mol. The van der Waals surface area contributed by atoms with Crippen molar-refractivity contribution in [1.29, 1.82) is 0 Å². The molecule has 296 valence electrons. The van der Waals surface area contributed by atoms with Gasteiger partial charge in [-0.1, -0.05) is 73.1 Å². The molecule has 0 heterocycles. The fourth-order valence-electron chi connectivity index (χ4n) is 13.2. The maximum Gasteiger partial charge on any atom is 0.335 e. The molecule has 0 aromatic heterocycles. The molecule has 0 radical (unpaired) electrons. The summed E-state index contributed by atoms with van der Waals surface area (Å²) < 4.78 is 14.3. The predicted molar refractivity (Wildman–Crippen MR) is 211 cm³/mol. The number of aliphatic hydroxyl groups excluding tert-OH is 1. The first-order valence-electron chi connectivity index (χ1n) is 20.8. The zero-order valence-corrected chi connectivity index (χ0v) is 33.8. The number of carbonyl (C=O) groups excluding carboxylic acids is 2. The number of carboxylic acid groups (broad SMARTS) is 1. The normalized spacial score (nSPS) is 35.5. The monoisotopic (exact) mass is 744 g/mol. The first kappa shape index (κ1) is 40.4. The van der Waals surface area contributed by atoms with Crippen LogP contribution in [0.2, 0.25) is 0 Å². The van der Waals surface area contributed by atoms with E-state index in [9.17, 15) is 23.9 Å². The summed E-state index contributed by atoms with van der Waals surface area (Å²) in [4.78, 5) is 38.5. The van der Waals surface area contributed by atoms with Crippen LogP contribution < -0.4 is 10.6 Å². The molecular formula is C46H65FN2O5. The summed E-state index contributed by atoms with van der Waals surface area (Å²) in [5, 5.41) is 26.3. The highest BCUT2D eigenvalue weighted by molar-refractivity contribution is 5.94. The van der Waals surface area contributed by atoms with Crippen molar-refractivity contribution in [3.63, 3.8) is 0 Å². The summed E-state index contributed by atoms with van der Waals surface area (Å²) in [6.45, 7) is 17.7. The van der Waals surface area contributed by atoms with Crippen LogP contribution in [0.5, 0.6) is 0 Å². The van der Waals surface area contributed by atoms with E-state index in [-0.39, 0.29) is 64.0 Å². The van der Waals surface area contributed by atoms with Gasteiger partial charge in [0, 0.05) is 18.7 Å².